The third kappa shape index (κ3) is 3.09. The van der Waals surface area contributed by atoms with E-state index in [1.807, 2.05) is 25.2 Å². The van der Waals surface area contributed by atoms with Crippen LogP contribution in [0.3, 0.4) is 0 Å². The van der Waals surface area contributed by atoms with Gasteiger partial charge in [-0.2, -0.15) is 4.98 Å². The van der Waals surface area contributed by atoms with Gasteiger partial charge >= 0.3 is 0 Å². The summed E-state index contributed by atoms with van der Waals surface area (Å²) < 4.78 is 0. The van der Waals surface area contributed by atoms with Crippen molar-refractivity contribution in [3.63, 3.8) is 0 Å². The topological polar surface area (TPSA) is 49.8 Å². The van der Waals surface area contributed by atoms with Gasteiger partial charge in [-0.25, -0.2) is 4.98 Å². The van der Waals surface area contributed by atoms with E-state index in [0.29, 0.717) is 12.0 Å². The van der Waals surface area contributed by atoms with Gasteiger partial charge in [0, 0.05) is 18.5 Å². The number of nitrogens with zero attached hydrogens (tertiary/aromatic N) is 2. The first kappa shape index (κ1) is 14.1. The van der Waals surface area contributed by atoms with Gasteiger partial charge in [0.05, 0.1) is 5.52 Å². The van der Waals surface area contributed by atoms with Crippen LogP contribution in [0, 0.1) is 5.92 Å². The first-order valence-corrected chi connectivity index (χ1v) is 8.01. The van der Waals surface area contributed by atoms with Crippen LogP contribution in [0.5, 0.6) is 0 Å². The number of para-hydroxylation sites is 1. The average molecular weight is 284 g/mol. The van der Waals surface area contributed by atoms with Gasteiger partial charge in [-0.3, -0.25) is 0 Å². The Morgan fingerprint density at radius 1 is 1.10 bits per heavy atom. The van der Waals surface area contributed by atoms with E-state index < -0.39 is 0 Å². The van der Waals surface area contributed by atoms with Gasteiger partial charge in [0.2, 0.25) is 5.95 Å². The molecule has 2 aromatic rings. The zero-order chi connectivity index (χ0) is 14.7. The highest BCUT2D eigenvalue weighted by atomic mass is 15.1. The molecule has 3 rings (SSSR count). The molecule has 1 aromatic heterocycles. The summed E-state index contributed by atoms with van der Waals surface area (Å²) in [6.45, 7) is 2.30. The van der Waals surface area contributed by atoms with Gasteiger partial charge < -0.3 is 10.6 Å². The monoisotopic (exact) mass is 284 g/mol. The fourth-order valence-electron chi connectivity index (χ4n) is 3.21. The molecule has 4 heteroatoms. The number of nitrogens with one attached hydrogen (secondary N) is 2. The summed E-state index contributed by atoms with van der Waals surface area (Å²) in [7, 11) is 1.86. The summed E-state index contributed by atoms with van der Waals surface area (Å²) in [4.78, 5) is 9.13. The maximum atomic E-state index is 4.62. The van der Waals surface area contributed by atoms with Gasteiger partial charge in [0.1, 0.15) is 5.82 Å². The molecular weight excluding hydrogens is 260 g/mol. The summed E-state index contributed by atoms with van der Waals surface area (Å²) in [5.41, 5.74) is 0.988. The molecule has 0 amide bonds. The lowest BCUT2D eigenvalue weighted by atomic mass is 9.84. The highest BCUT2D eigenvalue weighted by Gasteiger charge is 2.21. The second-order valence-electron chi connectivity index (χ2n) is 5.93. The Morgan fingerprint density at radius 2 is 1.86 bits per heavy atom. The van der Waals surface area contributed by atoms with Crippen molar-refractivity contribution < 1.29 is 0 Å². The average Bonchev–Trinajstić information content (AvgIpc) is 2.55. The van der Waals surface area contributed by atoms with Crippen molar-refractivity contribution in [1.29, 1.82) is 0 Å². The van der Waals surface area contributed by atoms with Gasteiger partial charge in [-0.15, -0.1) is 0 Å². The standard InChI is InChI=1S/C17H24N4/c1-3-12-8-10-13(11-9-12)19-16-14-6-4-5-7-15(14)20-17(18-2)21-16/h4-7,12-13H,3,8-11H2,1-2H3,(H2,18,19,20,21). The Bertz CT molecular complexity index is 603. The molecule has 112 valence electrons. The molecule has 1 fully saturated rings. The van der Waals surface area contributed by atoms with Crippen LogP contribution in [0.25, 0.3) is 10.9 Å². The van der Waals surface area contributed by atoms with E-state index in [4.69, 9.17) is 0 Å². The molecular formula is C17H24N4. The molecule has 1 aromatic carbocycles. The van der Waals surface area contributed by atoms with Crippen LogP contribution in [-0.4, -0.2) is 23.1 Å². The molecule has 0 radical (unpaired) electrons. The van der Waals surface area contributed by atoms with Crippen molar-refractivity contribution in [2.24, 2.45) is 5.92 Å². The van der Waals surface area contributed by atoms with Crippen molar-refractivity contribution in [2.75, 3.05) is 17.7 Å². The normalized spacial score (nSPS) is 22.2. The van der Waals surface area contributed by atoms with Crippen molar-refractivity contribution >= 4 is 22.7 Å². The Balaban J connectivity index is 1.83. The molecule has 21 heavy (non-hydrogen) atoms. The molecule has 1 aliphatic carbocycles. The molecule has 0 atom stereocenters. The number of aromatic nitrogens is 2. The lowest BCUT2D eigenvalue weighted by Crippen LogP contribution is -2.26. The third-order valence-corrected chi connectivity index (χ3v) is 4.59. The molecule has 0 aliphatic heterocycles. The Kier molecular flexibility index (Phi) is 4.23. The third-order valence-electron chi connectivity index (χ3n) is 4.59. The maximum absolute atomic E-state index is 4.62. The lowest BCUT2D eigenvalue weighted by Gasteiger charge is -2.29. The van der Waals surface area contributed by atoms with Crippen molar-refractivity contribution in [1.82, 2.24) is 9.97 Å². The van der Waals surface area contributed by atoms with Gasteiger partial charge in [0.15, 0.2) is 0 Å². The molecule has 1 heterocycles. The predicted octanol–water partition coefficient (Wildman–Crippen LogP) is 4.05. The minimum atomic E-state index is 0.538. The van der Waals surface area contributed by atoms with Gasteiger partial charge in [0.25, 0.3) is 0 Å². The minimum absolute atomic E-state index is 0.538. The fraction of sp³-hybridized carbons (Fsp3) is 0.529. The molecule has 1 aliphatic rings. The van der Waals surface area contributed by atoms with Crippen molar-refractivity contribution in [3.05, 3.63) is 24.3 Å². The van der Waals surface area contributed by atoms with Crippen LogP contribution in [0.15, 0.2) is 24.3 Å². The summed E-state index contributed by atoms with van der Waals surface area (Å²) in [5.74, 6) is 2.56. The smallest absolute Gasteiger partial charge is 0.224 e. The maximum Gasteiger partial charge on any atom is 0.224 e. The second-order valence-corrected chi connectivity index (χ2v) is 5.93. The van der Waals surface area contributed by atoms with E-state index in [1.165, 1.54) is 32.1 Å². The number of benzene rings is 1. The minimum Gasteiger partial charge on any atom is -0.367 e. The van der Waals surface area contributed by atoms with Crippen LogP contribution in [-0.2, 0) is 0 Å². The summed E-state index contributed by atoms with van der Waals surface area (Å²) in [6.07, 6.45) is 6.46. The highest BCUT2D eigenvalue weighted by molar-refractivity contribution is 5.90. The number of rotatable bonds is 4. The van der Waals surface area contributed by atoms with Crippen LogP contribution in [0.1, 0.15) is 39.0 Å². The molecule has 1 saturated carbocycles. The molecule has 0 spiro atoms. The Morgan fingerprint density at radius 3 is 2.57 bits per heavy atom. The van der Waals surface area contributed by atoms with E-state index >= 15 is 0 Å². The summed E-state index contributed by atoms with van der Waals surface area (Å²) in [6, 6.07) is 8.73. The molecule has 0 saturated heterocycles. The van der Waals surface area contributed by atoms with Crippen LogP contribution < -0.4 is 10.6 Å². The number of hydrogen-bond acceptors (Lipinski definition) is 4. The Hall–Kier alpha value is -1.84. The number of hydrogen-bond donors (Lipinski definition) is 2. The quantitative estimate of drug-likeness (QED) is 0.889. The molecule has 4 nitrogen and oxygen atoms in total. The first-order valence-electron chi connectivity index (χ1n) is 8.01. The van der Waals surface area contributed by atoms with E-state index in [9.17, 15) is 0 Å². The molecule has 0 bridgehead atoms. The summed E-state index contributed by atoms with van der Waals surface area (Å²) >= 11 is 0. The van der Waals surface area contributed by atoms with Crippen LogP contribution >= 0.6 is 0 Å². The van der Waals surface area contributed by atoms with Crippen molar-refractivity contribution in [2.45, 2.75) is 45.1 Å². The lowest BCUT2D eigenvalue weighted by molar-refractivity contribution is 0.330. The molecule has 2 N–H and O–H groups in total. The highest BCUT2D eigenvalue weighted by Crippen LogP contribution is 2.30. The van der Waals surface area contributed by atoms with Crippen molar-refractivity contribution in [3.8, 4) is 0 Å². The zero-order valence-corrected chi connectivity index (χ0v) is 12.9. The SMILES string of the molecule is CCC1CCC(Nc2nc(NC)nc3ccccc23)CC1. The zero-order valence-electron chi connectivity index (χ0n) is 12.9. The van der Waals surface area contributed by atoms with Gasteiger partial charge in [-0.1, -0.05) is 25.5 Å². The van der Waals surface area contributed by atoms with E-state index in [0.717, 1.165) is 22.6 Å². The van der Waals surface area contributed by atoms with E-state index in [1.54, 1.807) is 0 Å². The fourth-order valence-corrected chi connectivity index (χ4v) is 3.21. The Labute approximate surface area is 126 Å². The van der Waals surface area contributed by atoms with E-state index in [2.05, 4.69) is 33.6 Å². The van der Waals surface area contributed by atoms with Crippen LogP contribution in [0.2, 0.25) is 0 Å². The molecule has 0 unspecified atom stereocenters. The number of anilines is 2. The van der Waals surface area contributed by atoms with E-state index in [-0.39, 0.29) is 0 Å². The van der Waals surface area contributed by atoms with Gasteiger partial charge in [-0.05, 0) is 43.7 Å². The van der Waals surface area contributed by atoms with Crippen LogP contribution in [0.4, 0.5) is 11.8 Å². The largest absolute Gasteiger partial charge is 0.367 e. The summed E-state index contributed by atoms with van der Waals surface area (Å²) in [5, 5.41) is 7.81. The first-order chi connectivity index (χ1) is 10.3. The second kappa shape index (κ2) is 6.29. The number of fused-ring (bicyclic) bond motifs is 1. The predicted molar refractivity (Wildman–Crippen MR) is 88.7 cm³/mol.